The Balaban J connectivity index is 1.96. The molecular weight excluding hydrogens is 386 g/mol. The number of carbonyl (C=O) groups is 1. The molecule has 3 rings (SSSR count). The number of carbonyl (C=O) groups excluding carboxylic acids is 1. The average molecular weight is 406 g/mol. The lowest BCUT2D eigenvalue weighted by Crippen LogP contribution is -2.17. The second-order valence-electron chi connectivity index (χ2n) is 6.24. The third-order valence-corrected chi connectivity index (χ3v) is 5.82. The first-order valence-electron chi connectivity index (χ1n) is 8.55. The van der Waals surface area contributed by atoms with Crippen molar-refractivity contribution >= 4 is 44.8 Å². The highest BCUT2D eigenvalue weighted by Gasteiger charge is 2.21. The van der Waals surface area contributed by atoms with Crippen LogP contribution in [0.3, 0.4) is 0 Å². The third kappa shape index (κ3) is 3.84. The zero-order valence-electron chi connectivity index (χ0n) is 15.5. The molecule has 0 saturated carbocycles. The SMILES string of the molecule is CCOC(=O)c1sc2nc([C@H](C)Nc3ccc(C)c(Cl)c3)[nH]c(=O)c2c1C. The topological polar surface area (TPSA) is 84.1 Å². The number of aryl methyl sites for hydroxylation is 2. The largest absolute Gasteiger partial charge is 0.462 e. The molecule has 2 N–H and O–H groups in total. The Morgan fingerprint density at radius 2 is 2.15 bits per heavy atom. The maximum absolute atomic E-state index is 12.6. The van der Waals surface area contributed by atoms with Crippen molar-refractivity contribution in [2.45, 2.75) is 33.7 Å². The van der Waals surface area contributed by atoms with Gasteiger partial charge in [-0.15, -0.1) is 11.3 Å². The molecule has 0 aliphatic heterocycles. The van der Waals surface area contributed by atoms with E-state index in [0.717, 1.165) is 11.3 Å². The summed E-state index contributed by atoms with van der Waals surface area (Å²) >= 11 is 7.34. The van der Waals surface area contributed by atoms with Crippen molar-refractivity contribution in [3.8, 4) is 0 Å². The standard InChI is InChI=1S/C19H20ClN3O3S/c1-5-26-19(25)15-10(3)14-17(24)22-16(23-18(14)27-15)11(4)21-12-7-6-9(2)13(20)8-12/h6-8,11,21H,5H2,1-4H3,(H,22,23,24)/t11-/m0/s1. The van der Waals surface area contributed by atoms with E-state index in [9.17, 15) is 9.59 Å². The monoisotopic (exact) mass is 405 g/mol. The molecule has 0 bridgehead atoms. The Bertz CT molecular complexity index is 1070. The second-order valence-corrected chi connectivity index (χ2v) is 7.64. The predicted molar refractivity (Wildman–Crippen MR) is 109 cm³/mol. The molecule has 27 heavy (non-hydrogen) atoms. The van der Waals surface area contributed by atoms with Gasteiger partial charge in [0.05, 0.1) is 18.0 Å². The summed E-state index contributed by atoms with van der Waals surface area (Å²) in [6, 6.07) is 5.42. The van der Waals surface area contributed by atoms with E-state index in [1.54, 1.807) is 13.8 Å². The number of thiophene rings is 1. The first-order chi connectivity index (χ1) is 12.8. The number of aromatic amines is 1. The van der Waals surface area contributed by atoms with Crippen LogP contribution in [0.5, 0.6) is 0 Å². The lowest BCUT2D eigenvalue weighted by atomic mass is 10.2. The number of rotatable bonds is 5. The van der Waals surface area contributed by atoms with E-state index < -0.39 is 5.97 Å². The zero-order valence-corrected chi connectivity index (χ0v) is 17.0. The molecule has 0 fully saturated rings. The molecule has 8 heteroatoms. The highest BCUT2D eigenvalue weighted by molar-refractivity contribution is 7.20. The van der Waals surface area contributed by atoms with Gasteiger partial charge in [0, 0.05) is 10.7 Å². The van der Waals surface area contributed by atoms with Crippen LogP contribution < -0.4 is 10.9 Å². The summed E-state index contributed by atoms with van der Waals surface area (Å²) in [6.45, 7) is 7.58. The van der Waals surface area contributed by atoms with E-state index in [4.69, 9.17) is 16.3 Å². The number of aromatic nitrogens is 2. The molecule has 0 aliphatic rings. The van der Waals surface area contributed by atoms with Crippen LogP contribution in [0, 0.1) is 13.8 Å². The number of nitrogens with one attached hydrogen (secondary N) is 2. The fourth-order valence-corrected chi connectivity index (χ4v) is 4.02. The molecular formula is C19H20ClN3O3S. The van der Waals surface area contributed by atoms with Gasteiger partial charge in [0.15, 0.2) is 0 Å². The summed E-state index contributed by atoms with van der Waals surface area (Å²) in [7, 11) is 0. The van der Waals surface area contributed by atoms with E-state index in [1.165, 1.54) is 11.3 Å². The van der Waals surface area contributed by atoms with Gasteiger partial charge in [-0.1, -0.05) is 17.7 Å². The van der Waals surface area contributed by atoms with E-state index >= 15 is 0 Å². The molecule has 2 heterocycles. The number of hydrogen-bond acceptors (Lipinski definition) is 6. The Morgan fingerprint density at radius 3 is 2.81 bits per heavy atom. The second kappa shape index (κ2) is 7.70. The number of anilines is 1. The first kappa shape index (κ1) is 19.4. The van der Waals surface area contributed by atoms with E-state index in [2.05, 4.69) is 15.3 Å². The summed E-state index contributed by atoms with van der Waals surface area (Å²) in [4.78, 5) is 33.0. The van der Waals surface area contributed by atoms with E-state index in [-0.39, 0.29) is 18.2 Å². The van der Waals surface area contributed by atoms with Crippen LogP contribution in [0.25, 0.3) is 10.2 Å². The Hall–Kier alpha value is -2.38. The van der Waals surface area contributed by atoms with E-state index in [1.807, 2.05) is 32.0 Å². The number of nitrogens with zero attached hydrogens (tertiary/aromatic N) is 1. The summed E-state index contributed by atoms with van der Waals surface area (Å²) < 4.78 is 5.06. The van der Waals surface area contributed by atoms with Crippen LogP contribution in [-0.4, -0.2) is 22.5 Å². The zero-order chi connectivity index (χ0) is 19.7. The lowest BCUT2D eigenvalue weighted by molar-refractivity contribution is 0.0531. The number of hydrogen-bond donors (Lipinski definition) is 2. The Morgan fingerprint density at radius 1 is 1.41 bits per heavy atom. The van der Waals surface area contributed by atoms with Gasteiger partial charge in [-0.25, -0.2) is 9.78 Å². The molecule has 142 valence electrons. The normalized spacial score (nSPS) is 12.2. The van der Waals surface area contributed by atoms with Gasteiger partial charge in [-0.2, -0.15) is 0 Å². The fraction of sp³-hybridized carbons (Fsp3) is 0.316. The molecule has 2 aromatic heterocycles. The minimum Gasteiger partial charge on any atom is -0.462 e. The third-order valence-electron chi connectivity index (χ3n) is 4.24. The minimum atomic E-state index is -0.431. The number of halogens is 1. The summed E-state index contributed by atoms with van der Waals surface area (Å²) in [5.74, 6) is 0.0558. The highest BCUT2D eigenvalue weighted by atomic mass is 35.5. The Kier molecular flexibility index (Phi) is 5.53. The lowest BCUT2D eigenvalue weighted by Gasteiger charge is -2.15. The molecule has 0 spiro atoms. The molecule has 1 aromatic carbocycles. The van der Waals surface area contributed by atoms with Crippen molar-refractivity contribution < 1.29 is 9.53 Å². The van der Waals surface area contributed by atoms with Crippen LogP contribution >= 0.6 is 22.9 Å². The highest BCUT2D eigenvalue weighted by Crippen LogP contribution is 2.29. The van der Waals surface area contributed by atoms with E-state index in [0.29, 0.717) is 31.5 Å². The van der Waals surface area contributed by atoms with Crippen molar-refractivity contribution in [1.29, 1.82) is 0 Å². The van der Waals surface area contributed by atoms with Crippen molar-refractivity contribution in [3.63, 3.8) is 0 Å². The van der Waals surface area contributed by atoms with Crippen molar-refractivity contribution in [3.05, 3.63) is 55.4 Å². The maximum atomic E-state index is 12.6. The maximum Gasteiger partial charge on any atom is 0.348 e. The molecule has 0 radical (unpaired) electrons. The van der Waals surface area contributed by atoms with Crippen LogP contribution in [0.2, 0.25) is 5.02 Å². The van der Waals surface area contributed by atoms with Gasteiger partial charge in [0.1, 0.15) is 15.5 Å². The van der Waals surface area contributed by atoms with Gasteiger partial charge < -0.3 is 15.0 Å². The van der Waals surface area contributed by atoms with Gasteiger partial charge >= 0.3 is 5.97 Å². The fourth-order valence-electron chi connectivity index (χ4n) is 2.76. The smallest absolute Gasteiger partial charge is 0.348 e. The number of ether oxygens (including phenoxy) is 1. The number of esters is 1. The molecule has 3 aromatic rings. The number of H-pyrrole nitrogens is 1. The van der Waals surface area contributed by atoms with Crippen LogP contribution in [0.15, 0.2) is 23.0 Å². The molecule has 0 amide bonds. The van der Waals surface area contributed by atoms with Crippen molar-refractivity contribution in [2.24, 2.45) is 0 Å². The van der Waals surface area contributed by atoms with Crippen LogP contribution in [0.1, 0.15) is 46.5 Å². The van der Waals surface area contributed by atoms with Crippen molar-refractivity contribution in [2.75, 3.05) is 11.9 Å². The summed E-state index contributed by atoms with van der Waals surface area (Å²) in [6.07, 6.45) is 0. The van der Waals surface area contributed by atoms with Gasteiger partial charge in [-0.3, -0.25) is 4.79 Å². The molecule has 0 aliphatic carbocycles. The van der Waals surface area contributed by atoms with Crippen LogP contribution in [0.4, 0.5) is 5.69 Å². The quantitative estimate of drug-likeness (QED) is 0.606. The van der Waals surface area contributed by atoms with Crippen LogP contribution in [-0.2, 0) is 4.74 Å². The van der Waals surface area contributed by atoms with Gasteiger partial charge in [0.2, 0.25) is 0 Å². The number of benzene rings is 1. The first-order valence-corrected chi connectivity index (χ1v) is 9.74. The molecule has 6 nitrogen and oxygen atoms in total. The summed E-state index contributed by atoms with van der Waals surface area (Å²) in [5.41, 5.74) is 2.15. The minimum absolute atomic E-state index is 0.255. The summed E-state index contributed by atoms with van der Waals surface area (Å²) in [5, 5.41) is 4.37. The molecule has 0 saturated heterocycles. The average Bonchev–Trinajstić information content (AvgIpc) is 2.95. The van der Waals surface area contributed by atoms with Gasteiger partial charge in [0.25, 0.3) is 5.56 Å². The van der Waals surface area contributed by atoms with Gasteiger partial charge in [-0.05, 0) is 51.0 Å². The molecule has 0 unspecified atom stereocenters. The Labute approximate surface area is 165 Å². The van der Waals surface area contributed by atoms with Crippen molar-refractivity contribution in [1.82, 2.24) is 9.97 Å². The number of fused-ring (bicyclic) bond motifs is 1. The predicted octanol–water partition coefficient (Wildman–Crippen LogP) is 4.60. The molecule has 1 atom stereocenters.